The molecule has 0 bridgehead atoms. The Kier molecular flexibility index (Phi) is 3.24. The molecule has 0 fully saturated rings. The number of aromatic nitrogens is 3. The molecule has 2 rings (SSSR count). The second-order valence-electron chi connectivity index (χ2n) is 4.62. The average Bonchev–Trinajstić information content (AvgIpc) is 2.78. The zero-order valence-electron chi connectivity index (χ0n) is 10.4. The van der Waals surface area contributed by atoms with Crippen molar-refractivity contribution in [3.8, 4) is 0 Å². The highest BCUT2D eigenvalue weighted by atomic mass is 15.2. The largest absolute Gasteiger partial charge is 0.318 e. The normalized spacial score (nSPS) is 13.0. The minimum absolute atomic E-state index is 0.240. The van der Waals surface area contributed by atoms with Gasteiger partial charge in [0.15, 0.2) is 5.82 Å². The van der Waals surface area contributed by atoms with Gasteiger partial charge in [-0.1, -0.05) is 43.7 Å². The first-order valence-electron chi connectivity index (χ1n) is 5.82. The summed E-state index contributed by atoms with van der Waals surface area (Å²) < 4.78 is 0. The number of benzene rings is 1. The van der Waals surface area contributed by atoms with E-state index in [1.807, 2.05) is 12.1 Å². The van der Waals surface area contributed by atoms with Gasteiger partial charge in [-0.15, -0.1) is 0 Å². The first-order chi connectivity index (χ1) is 8.08. The van der Waals surface area contributed by atoms with Crippen LogP contribution in [0.4, 0.5) is 0 Å². The van der Waals surface area contributed by atoms with Gasteiger partial charge in [0.25, 0.3) is 0 Å². The highest BCUT2D eigenvalue weighted by molar-refractivity contribution is 5.27. The van der Waals surface area contributed by atoms with Crippen molar-refractivity contribution in [3.05, 3.63) is 47.0 Å². The SMILES string of the molecule is Cc1ccc([C@@H](N)c2nc(C(C)C)n[nH]2)cc1. The maximum absolute atomic E-state index is 6.15. The van der Waals surface area contributed by atoms with E-state index in [-0.39, 0.29) is 6.04 Å². The number of aromatic amines is 1. The molecule has 0 aliphatic heterocycles. The first-order valence-corrected chi connectivity index (χ1v) is 5.82. The molecule has 0 saturated heterocycles. The number of rotatable bonds is 3. The van der Waals surface area contributed by atoms with E-state index in [2.05, 4.69) is 48.1 Å². The smallest absolute Gasteiger partial charge is 0.153 e. The van der Waals surface area contributed by atoms with Crippen LogP contribution in [0.3, 0.4) is 0 Å². The van der Waals surface area contributed by atoms with E-state index >= 15 is 0 Å². The minimum atomic E-state index is -0.240. The van der Waals surface area contributed by atoms with E-state index < -0.39 is 0 Å². The fourth-order valence-electron chi connectivity index (χ4n) is 1.62. The third-order valence-electron chi connectivity index (χ3n) is 2.77. The number of nitrogens with one attached hydrogen (secondary N) is 1. The molecule has 2 aromatic rings. The maximum atomic E-state index is 6.15. The molecule has 0 unspecified atom stereocenters. The molecule has 3 N–H and O–H groups in total. The summed E-state index contributed by atoms with van der Waals surface area (Å²) in [6.45, 7) is 6.18. The summed E-state index contributed by atoms with van der Waals surface area (Å²) >= 11 is 0. The molecule has 0 saturated carbocycles. The molecule has 0 aliphatic carbocycles. The van der Waals surface area contributed by atoms with Crippen LogP contribution in [0.25, 0.3) is 0 Å². The molecular formula is C13H18N4. The number of H-pyrrole nitrogens is 1. The van der Waals surface area contributed by atoms with Crippen LogP contribution in [0.2, 0.25) is 0 Å². The van der Waals surface area contributed by atoms with E-state index in [1.165, 1.54) is 5.56 Å². The Bertz CT molecular complexity index is 484. The Balaban J connectivity index is 2.24. The molecule has 0 radical (unpaired) electrons. The lowest BCUT2D eigenvalue weighted by Gasteiger charge is -2.08. The molecule has 0 aliphatic rings. The van der Waals surface area contributed by atoms with Crippen LogP contribution in [0.1, 0.15) is 48.6 Å². The first kappa shape index (κ1) is 11.8. The number of hydrogen-bond donors (Lipinski definition) is 2. The van der Waals surface area contributed by atoms with Gasteiger partial charge in [-0.25, -0.2) is 4.98 Å². The van der Waals surface area contributed by atoms with Crippen molar-refractivity contribution >= 4 is 0 Å². The quantitative estimate of drug-likeness (QED) is 0.850. The number of nitrogens with two attached hydrogens (primary N) is 1. The Morgan fingerprint density at radius 1 is 1.18 bits per heavy atom. The monoisotopic (exact) mass is 230 g/mol. The van der Waals surface area contributed by atoms with E-state index in [1.54, 1.807) is 0 Å². The third kappa shape index (κ3) is 2.53. The Morgan fingerprint density at radius 2 is 1.82 bits per heavy atom. The molecular weight excluding hydrogens is 212 g/mol. The van der Waals surface area contributed by atoms with Crippen LogP contribution >= 0.6 is 0 Å². The number of hydrogen-bond acceptors (Lipinski definition) is 3. The van der Waals surface area contributed by atoms with E-state index in [9.17, 15) is 0 Å². The summed E-state index contributed by atoms with van der Waals surface area (Å²) in [5, 5.41) is 7.08. The van der Waals surface area contributed by atoms with Gasteiger partial charge in [-0.3, -0.25) is 5.10 Å². The zero-order valence-corrected chi connectivity index (χ0v) is 10.4. The molecule has 90 valence electrons. The van der Waals surface area contributed by atoms with Crippen LogP contribution < -0.4 is 5.73 Å². The third-order valence-corrected chi connectivity index (χ3v) is 2.77. The van der Waals surface area contributed by atoms with Crippen molar-refractivity contribution in [2.45, 2.75) is 32.7 Å². The summed E-state index contributed by atoms with van der Waals surface area (Å²) in [6.07, 6.45) is 0. The molecule has 1 atom stereocenters. The summed E-state index contributed by atoms with van der Waals surface area (Å²) in [6, 6.07) is 7.91. The Morgan fingerprint density at radius 3 is 2.35 bits per heavy atom. The van der Waals surface area contributed by atoms with Crippen molar-refractivity contribution < 1.29 is 0 Å². The van der Waals surface area contributed by atoms with E-state index in [4.69, 9.17) is 5.73 Å². The van der Waals surface area contributed by atoms with Crippen molar-refractivity contribution in [1.82, 2.24) is 15.2 Å². The lowest BCUT2D eigenvalue weighted by molar-refractivity contribution is 0.773. The molecule has 1 aromatic carbocycles. The molecule has 4 heteroatoms. The summed E-state index contributed by atoms with van der Waals surface area (Å²) in [5.74, 6) is 1.84. The molecule has 0 amide bonds. The van der Waals surface area contributed by atoms with E-state index in [0.717, 1.165) is 17.2 Å². The van der Waals surface area contributed by atoms with Crippen molar-refractivity contribution in [3.63, 3.8) is 0 Å². The van der Waals surface area contributed by atoms with Crippen molar-refractivity contribution in [2.75, 3.05) is 0 Å². The van der Waals surface area contributed by atoms with Crippen LogP contribution in [-0.4, -0.2) is 15.2 Å². The molecule has 0 spiro atoms. The standard InChI is InChI=1S/C13H18N4/c1-8(2)12-15-13(17-16-12)11(14)10-6-4-9(3)5-7-10/h4-8,11H,14H2,1-3H3,(H,15,16,17)/t11-/m1/s1. The lowest BCUT2D eigenvalue weighted by Crippen LogP contribution is -2.13. The van der Waals surface area contributed by atoms with Gasteiger partial charge in [0.1, 0.15) is 5.82 Å². The molecule has 17 heavy (non-hydrogen) atoms. The summed E-state index contributed by atoms with van der Waals surface area (Å²) in [4.78, 5) is 4.42. The second-order valence-corrected chi connectivity index (χ2v) is 4.62. The number of aryl methyl sites for hydroxylation is 1. The second kappa shape index (κ2) is 4.67. The van der Waals surface area contributed by atoms with E-state index in [0.29, 0.717) is 5.92 Å². The van der Waals surface area contributed by atoms with Crippen LogP contribution in [0, 0.1) is 6.92 Å². The van der Waals surface area contributed by atoms with Gasteiger partial charge in [0.2, 0.25) is 0 Å². The van der Waals surface area contributed by atoms with Gasteiger partial charge >= 0.3 is 0 Å². The summed E-state index contributed by atoms with van der Waals surface area (Å²) in [7, 11) is 0. The van der Waals surface area contributed by atoms with Gasteiger partial charge in [0.05, 0.1) is 6.04 Å². The zero-order chi connectivity index (χ0) is 12.4. The lowest BCUT2D eigenvalue weighted by atomic mass is 10.1. The Hall–Kier alpha value is -1.68. The molecule has 4 nitrogen and oxygen atoms in total. The summed E-state index contributed by atoms with van der Waals surface area (Å²) in [5.41, 5.74) is 8.41. The molecule has 1 aromatic heterocycles. The van der Waals surface area contributed by atoms with Crippen LogP contribution in [0.15, 0.2) is 24.3 Å². The average molecular weight is 230 g/mol. The topological polar surface area (TPSA) is 67.6 Å². The number of nitrogens with zero attached hydrogens (tertiary/aromatic N) is 2. The maximum Gasteiger partial charge on any atom is 0.153 e. The van der Waals surface area contributed by atoms with Crippen LogP contribution in [-0.2, 0) is 0 Å². The van der Waals surface area contributed by atoms with Crippen LogP contribution in [0.5, 0.6) is 0 Å². The van der Waals surface area contributed by atoms with Gasteiger partial charge < -0.3 is 5.73 Å². The van der Waals surface area contributed by atoms with Gasteiger partial charge in [-0.05, 0) is 12.5 Å². The molecule has 1 heterocycles. The predicted octanol–water partition coefficient (Wildman–Crippen LogP) is 2.28. The van der Waals surface area contributed by atoms with Gasteiger partial charge in [0, 0.05) is 5.92 Å². The van der Waals surface area contributed by atoms with Crippen molar-refractivity contribution in [2.24, 2.45) is 5.73 Å². The predicted molar refractivity (Wildman–Crippen MR) is 67.7 cm³/mol. The fraction of sp³-hybridized carbons (Fsp3) is 0.385. The minimum Gasteiger partial charge on any atom is -0.318 e. The Labute approximate surface area is 101 Å². The van der Waals surface area contributed by atoms with Crippen molar-refractivity contribution in [1.29, 1.82) is 0 Å². The van der Waals surface area contributed by atoms with Gasteiger partial charge in [-0.2, -0.15) is 5.10 Å². The fourth-order valence-corrected chi connectivity index (χ4v) is 1.62. The highest BCUT2D eigenvalue weighted by Crippen LogP contribution is 2.18. The highest BCUT2D eigenvalue weighted by Gasteiger charge is 2.14.